The van der Waals surface area contributed by atoms with E-state index >= 15 is 0 Å². The van der Waals surface area contributed by atoms with Crippen molar-refractivity contribution >= 4 is 50.7 Å². The molecule has 1 aromatic heterocycles. The van der Waals surface area contributed by atoms with E-state index in [1.807, 2.05) is 13.0 Å². The predicted octanol–water partition coefficient (Wildman–Crippen LogP) is 7.15. The first-order valence-corrected chi connectivity index (χ1v) is 16.9. The first kappa shape index (κ1) is 32.6. The summed E-state index contributed by atoms with van der Waals surface area (Å²) in [5, 5.41) is 15.8. The molecule has 0 saturated carbocycles. The number of para-hydroxylation sites is 1. The average molecular weight is 658 g/mol. The Kier molecular flexibility index (Phi) is 9.10. The largest absolute Gasteiger partial charge is 0.486 e. The number of nitrogens with one attached hydrogen (secondary N) is 2. The van der Waals surface area contributed by atoms with Gasteiger partial charge < -0.3 is 30.1 Å². The number of sulfone groups is 1. The fourth-order valence-corrected chi connectivity index (χ4v) is 7.41. The van der Waals surface area contributed by atoms with Crippen LogP contribution in [0.15, 0.2) is 41.4 Å². The summed E-state index contributed by atoms with van der Waals surface area (Å²) in [5.74, 6) is 1.72. The number of likely N-dealkylation sites (tertiary alicyclic amines) is 1. The molecule has 45 heavy (non-hydrogen) atoms. The number of nitrogens with zero attached hydrogens (tertiary/aromatic N) is 3. The van der Waals surface area contributed by atoms with Gasteiger partial charge in [-0.15, -0.1) is 0 Å². The van der Waals surface area contributed by atoms with Gasteiger partial charge in [-0.3, -0.25) is 0 Å². The molecule has 1 amide bonds. The number of carbonyl (C=O) groups is 1. The minimum absolute atomic E-state index is 0.0825. The summed E-state index contributed by atoms with van der Waals surface area (Å²) in [4.78, 5) is 22.7. The van der Waals surface area contributed by atoms with Crippen molar-refractivity contribution in [3.05, 3.63) is 52.7 Å². The van der Waals surface area contributed by atoms with Crippen molar-refractivity contribution in [1.82, 2.24) is 14.9 Å². The summed E-state index contributed by atoms with van der Waals surface area (Å²) in [6.45, 7) is 12.7. The molecular weight excluding hydrogens is 618 g/mol. The van der Waals surface area contributed by atoms with Gasteiger partial charge in [0.25, 0.3) is 0 Å². The zero-order valence-electron chi connectivity index (χ0n) is 26.3. The van der Waals surface area contributed by atoms with Crippen molar-refractivity contribution in [3.63, 3.8) is 0 Å². The van der Waals surface area contributed by atoms with Crippen LogP contribution in [0.25, 0.3) is 0 Å². The van der Waals surface area contributed by atoms with E-state index in [1.165, 1.54) is 6.20 Å². The quantitative estimate of drug-likeness (QED) is 0.240. The van der Waals surface area contributed by atoms with Gasteiger partial charge in [-0.2, -0.15) is 4.98 Å². The third-order valence-electron chi connectivity index (χ3n) is 8.37. The molecule has 2 aliphatic rings. The van der Waals surface area contributed by atoms with E-state index < -0.39 is 21.2 Å². The molecule has 242 valence electrons. The van der Waals surface area contributed by atoms with Crippen LogP contribution in [0.2, 0.25) is 5.02 Å². The van der Waals surface area contributed by atoms with Gasteiger partial charge in [-0.1, -0.05) is 44.5 Å². The number of hydrogen-bond donors (Lipinski definition) is 3. The molecular formula is C32H40ClN5O6S. The Labute approximate surface area is 269 Å². The highest BCUT2D eigenvalue weighted by Gasteiger charge is 2.41. The Hall–Kier alpha value is -3.77. The number of aromatic nitrogens is 2. The van der Waals surface area contributed by atoms with E-state index in [0.717, 1.165) is 11.1 Å². The minimum atomic E-state index is -3.57. The van der Waals surface area contributed by atoms with E-state index in [1.54, 1.807) is 43.0 Å². The molecule has 13 heteroatoms. The van der Waals surface area contributed by atoms with Crippen LogP contribution in [0.5, 0.6) is 11.5 Å². The van der Waals surface area contributed by atoms with Crippen LogP contribution in [0.1, 0.15) is 64.5 Å². The third-order valence-corrected chi connectivity index (χ3v) is 10.9. The van der Waals surface area contributed by atoms with E-state index in [4.69, 9.17) is 21.1 Å². The molecule has 3 heterocycles. The van der Waals surface area contributed by atoms with Crippen LogP contribution in [-0.4, -0.2) is 65.5 Å². The van der Waals surface area contributed by atoms with Crippen LogP contribution in [0.3, 0.4) is 0 Å². The number of fused-ring (bicyclic) bond motifs is 1. The van der Waals surface area contributed by atoms with Crippen molar-refractivity contribution in [2.24, 2.45) is 5.41 Å². The fraction of sp³-hybridized carbons (Fsp3) is 0.469. The maximum atomic E-state index is 13.0. The molecule has 11 nitrogen and oxygen atoms in total. The number of hydrogen-bond acceptors (Lipinski definition) is 9. The Morgan fingerprint density at radius 3 is 2.47 bits per heavy atom. The monoisotopic (exact) mass is 657 g/mol. The zero-order chi connectivity index (χ0) is 32.7. The summed E-state index contributed by atoms with van der Waals surface area (Å²) < 4.78 is 38.3. The third kappa shape index (κ3) is 6.62. The maximum Gasteiger partial charge on any atom is 0.407 e. The SMILES string of the molecule is Cc1cc(Nc2ncc(Cl)c(Nc3ccccc3S(=O)(=O)C(C)C)n2)c2c(c1C1CCN(C(=O)O)C(C(C)(C)C)C1)OCCO2. The molecule has 5 rings (SSSR count). The normalized spacial score (nSPS) is 18.5. The topological polar surface area (TPSA) is 143 Å². The van der Waals surface area contributed by atoms with Crippen molar-refractivity contribution < 1.29 is 27.8 Å². The first-order chi connectivity index (χ1) is 21.2. The summed E-state index contributed by atoms with van der Waals surface area (Å²) in [6, 6.07) is 8.43. The highest BCUT2D eigenvalue weighted by Crippen LogP contribution is 2.50. The van der Waals surface area contributed by atoms with Crippen molar-refractivity contribution in [2.75, 3.05) is 30.4 Å². The minimum Gasteiger partial charge on any atom is -0.486 e. The van der Waals surface area contributed by atoms with Gasteiger partial charge >= 0.3 is 6.09 Å². The second kappa shape index (κ2) is 12.6. The number of anilines is 4. The van der Waals surface area contributed by atoms with Crippen molar-refractivity contribution in [3.8, 4) is 11.5 Å². The van der Waals surface area contributed by atoms with Gasteiger partial charge in [0.15, 0.2) is 27.2 Å². The van der Waals surface area contributed by atoms with Crippen molar-refractivity contribution in [2.45, 2.75) is 76.5 Å². The highest BCUT2D eigenvalue weighted by molar-refractivity contribution is 7.92. The number of carboxylic acid groups (broad SMARTS) is 1. The molecule has 2 aliphatic heterocycles. The Bertz CT molecular complexity index is 1710. The van der Waals surface area contributed by atoms with Gasteiger partial charge in [0.05, 0.1) is 27.7 Å². The molecule has 2 unspecified atom stereocenters. The summed E-state index contributed by atoms with van der Waals surface area (Å²) >= 11 is 6.45. The van der Waals surface area contributed by atoms with Crippen LogP contribution in [0.4, 0.5) is 27.9 Å². The van der Waals surface area contributed by atoms with Crippen LogP contribution in [-0.2, 0) is 9.84 Å². The molecule has 0 aliphatic carbocycles. The number of rotatable bonds is 7. The molecule has 2 atom stereocenters. The number of amides is 1. The van der Waals surface area contributed by atoms with E-state index in [2.05, 4.69) is 41.4 Å². The van der Waals surface area contributed by atoms with Crippen LogP contribution in [0, 0.1) is 12.3 Å². The second-order valence-corrected chi connectivity index (χ2v) is 15.7. The standard InChI is InChI=1S/C32H40ClN5O6S/c1-18(2)45(41,42)24-10-8-7-9-22(24)35-29-21(33)17-34-30(37-29)36-23-15-19(3)26(28-27(23)43-13-14-44-28)20-11-12-38(31(39)40)25(16-20)32(4,5)6/h7-10,15,17-18,20,25H,11-14,16H2,1-6H3,(H,39,40)(H2,34,35,36,37). The number of benzene rings is 2. The zero-order valence-corrected chi connectivity index (χ0v) is 27.9. The summed E-state index contributed by atoms with van der Waals surface area (Å²) in [6.07, 6.45) is 1.88. The lowest BCUT2D eigenvalue weighted by atomic mass is 9.74. The molecule has 1 saturated heterocycles. The average Bonchev–Trinajstić information content (AvgIpc) is 2.98. The molecule has 1 fully saturated rings. The lowest BCUT2D eigenvalue weighted by Gasteiger charge is -2.45. The van der Waals surface area contributed by atoms with Gasteiger partial charge in [0.1, 0.15) is 18.2 Å². The summed E-state index contributed by atoms with van der Waals surface area (Å²) in [7, 11) is -3.57. The first-order valence-electron chi connectivity index (χ1n) is 15.0. The van der Waals surface area contributed by atoms with Gasteiger partial charge in [-0.25, -0.2) is 18.2 Å². The van der Waals surface area contributed by atoms with Crippen molar-refractivity contribution in [1.29, 1.82) is 0 Å². The molecule has 3 N–H and O–H groups in total. The van der Waals surface area contributed by atoms with Gasteiger partial charge in [0, 0.05) is 18.2 Å². The number of halogens is 1. The lowest BCUT2D eigenvalue weighted by molar-refractivity contribution is 0.0518. The number of aryl methyl sites for hydroxylation is 1. The van der Waals surface area contributed by atoms with Gasteiger partial charge in [0.2, 0.25) is 5.95 Å². The smallest absolute Gasteiger partial charge is 0.407 e. The molecule has 0 radical (unpaired) electrons. The van der Waals surface area contributed by atoms with E-state index in [-0.39, 0.29) is 39.1 Å². The lowest BCUT2D eigenvalue weighted by Crippen LogP contribution is -2.51. The predicted molar refractivity (Wildman–Crippen MR) is 174 cm³/mol. The molecule has 3 aromatic rings. The molecule has 2 aromatic carbocycles. The second-order valence-electron chi connectivity index (χ2n) is 12.8. The van der Waals surface area contributed by atoms with Crippen LogP contribution < -0.4 is 20.1 Å². The number of piperidine rings is 1. The molecule has 0 bridgehead atoms. The highest BCUT2D eigenvalue weighted by atomic mass is 35.5. The van der Waals surface area contributed by atoms with E-state index in [0.29, 0.717) is 55.5 Å². The van der Waals surface area contributed by atoms with Crippen LogP contribution >= 0.6 is 11.6 Å². The Morgan fingerprint density at radius 2 is 1.80 bits per heavy atom. The Morgan fingerprint density at radius 1 is 1.11 bits per heavy atom. The fourth-order valence-electron chi connectivity index (χ4n) is 6.07. The molecule has 0 spiro atoms. The number of ether oxygens (including phenoxy) is 2. The van der Waals surface area contributed by atoms with E-state index in [9.17, 15) is 18.3 Å². The maximum absolute atomic E-state index is 13.0. The van der Waals surface area contributed by atoms with Gasteiger partial charge in [-0.05, 0) is 68.7 Å². The Balaban J connectivity index is 1.47. The summed E-state index contributed by atoms with van der Waals surface area (Å²) in [5.41, 5.74) is 2.73.